The van der Waals surface area contributed by atoms with Gasteiger partial charge in [0, 0.05) is 18.4 Å². The second-order valence-electron chi connectivity index (χ2n) is 6.90. The van der Waals surface area contributed by atoms with Crippen LogP contribution in [0.2, 0.25) is 5.02 Å². The maximum Gasteiger partial charge on any atom is 0.330 e. The highest BCUT2D eigenvalue weighted by atomic mass is 35.5. The number of hydrogen-bond donors (Lipinski definition) is 1. The molecule has 0 aliphatic carbocycles. The molecule has 2 aliphatic rings. The van der Waals surface area contributed by atoms with Crippen LogP contribution < -0.4 is 5.32 Å². The van der Waals surface area contributed by atoms with E-state index in [4.69, 9.17) is 16.3 Å². The average Bonchev–Trinajstić information content (AvgIpc) is 3.28. The summed E-state index contributed by atoms with van der Waals surface area (Å²) in [6.45, 7) is -0.504. The third-order valence-electron chi connectivity index (χ3n) is 5.03. The number of nitrogens with zero attached hydrogens (tertiary/aromatic N) is 2. The van der Waals surface area contributed by atoms with E-state index < -0.39 is 29.4 Å². The minimum Gasteiger partial charge on any atom is -0.454 e. The Morgan fingerprint density at radius 2 is 2.07 bits per heavy atom. The number of nitrogens with one attached hydrogen (secondary N) is 1. The van der Waals surface area contributed by atoms with Crippen molar-refractivity contribution < 1.29 is 23.5 Å². The fourth-order valence-corrected chi connectivity index (χ4v) is 5.44. The van der Waals surface area contributed by atoms with Gasteiger partial charge in [-0.2, -0.15) is 0 Å². The number of halogens is 2. The Labute approximate surface area is 180 Å². The van der Waals surface area contributed by atoms with Crippen LogP contribution in [0.25, 0.3) is 0 Å². The lowest BCUT2D eigenvalue weighted by Crippen LogP contribution is -2.47. The summed E-state index contributed by atoms with van der Waals surface area (Å²) in [4.78, 5) is 42.0. The first-order valence-electron chi connectivity index (χ1n) is 9.19. The smallest absolute Gasteiger partial charge is 0.330 e. The largest absolute Gasteiger partial charge is 0.454 e. The Hall–Kier alpha value is -2.65. The van der Waals surface area contributed by atoms with Crippen molar-refractivity contribution >= 4 is 47.0 Å². The summed E-state index contributed by atoms with van der Waals surface area (Å²) < 4.78 is 18.5. The van der Waals surface area contributed by atoms with E-state index >= 15 is 0 Å². The molecule has 7 nitrogen and oxygen atoms in total. The Kier molecular flexibility index (Phi) is 5.66. The van der Waals surface area contributed by atoms with Crippen LogP contribution in [0.3, 0.4) is 0 Å². The van der Waals surface area contributed by atoms with E-state index in [0.29, 0.717) is 17.2 Å². The molecule has 2 aromatic rings. The minimum absolute atomic E-state index is 0.166. The van der Waals surface area contributed by atoms with E-state index in [0.717, 1.165) is 5.56 Å². The monoisotopic (exact) mass is 449 g/mol. The van der Waals surface area contributed by atoms with Gasteiger partial charge < -0.3 is 15.0 Å². The number of hydrogen-bond acceptors (Lipinski definition) is 6. The van der Waals surface area contributed by atoms with Crippen molar-refractivity contribution in [3.05, 3.63) is 59.0 Å². The molecule has 156 valence electrons. The normalized spacial score (nSPS) is 22.7. The van der Waals surface area contributed by atoms with Crippen molar-refractivity contribution in [2.45, 2.75) is 23.8 Å². The molecule has 2 atom stereocenters. The summed E-state index contributed by atoms with van der Waals surface area (Å²) in [5.74, 6) is -1.13. The molecular weight excluding hydrogens is 433 g/mol. The van der Waals surface area contributed by atoms with Gasteiger partial charge in [0.25, 0.3) is 5.91 Å². The lowest BCUT2D eigenvalue weighted by molar-refractivity contribution is -0.155. The van der Waals surface area contributed by atoms with Crippen LogP contribution in [0.4, 0.5) is 10.2 Å². The van der Waals surface area contributed by atoms with Gasteiger partial charge in [0.15, 0.2) is 6.61 Å². The predicted octanol–water partition coefficient (Wildman–Crippen LogP) is 2.95. The van der Waals surface area contributed by atoms with Gasteiger partial charge in [0.05, 0.1) is 5.02 Å². The van der Waals surface area contributed by atoms with Gasteiger partial charge in [-0.1, -0.05) is 23.7 Å². The molecule has 0 saturated carbocycles. The predicted molar refractivity (Wildman–Crippen MR) is 109 cm³/mol. The molecule has 2 saturated heterocycles. The molecule has 2 aliphatic heterocycles. The number of thioether (sulfide) groups is 1. The lowest BCUT2D eigenvalue weighted by Gasteiger charge is -2.33. The summed E-state index contributed by atoms with van der Waals surface area (Å²) in [7, 11) is 0. The molecule has 1 N–H and O–H groups in total. The van der Waals surface area contributed by atoms with Gasteiger partial charge in [-0.05, 0) is 36.2 Å². The van der Waals surface area contributed by atoms with Crippen LogP contribution in [-0.2, 0) is 24.0 Å². The minimum atomic E-state index is -0.809. The number of amides is 2. The number of carbonyl (C=O) groups excluding carboxylic acids is 3. The molecule has 30 heavy (non-hydrogen) atoms. The number of benzene rings is 1. The summed E-state index contributed by atoms with van der Waals surface area (Å²) >= 11 is 7.20. The molecular formula is C20H17ClFN3O4S. The highest BCUT2D eigenvalue weighted by molar-refractivity contribution is 8.00. The first-order chi connectivity index (χ1) is 14.4. The Balaban J connectivity index is 1.42. The van der Waals surface area contributed by atoms with Gasteiger partial charge in [0.2, 0.25) is 5.91 Å². The number of anilines is 1. The zero-order chi connectivity index (χ0) is 21.3. The quantitative estimate of drug-likeness (QED) is 0.706. The van der Waals surface area contributed by atoms with Crippen molar-refractivity contribution in [2.24, 2.45) is 0 Å². The average molecular weight is 450 g/mol. The number of esters is 1. The van der Waals surface area contributed by atoms with Gasteiger partial charge in [-0.3, -0.25) is 9.59 Å². The SMILES string of the molecule is O=C(COC(=O)[C@@H]1CS[C@@]2(c3ccc(F)cc3)CCC(=O)N12)Nc1ccc(Cl)cn1. The van der Waals surface area contributed by atoms with E-state index in [1.54, 1.807) is 18.2 Å². The summed E-state index contributed by atoms with van der Waals surface area (Å²) in [5, 5.41) is 2.93. The molecule has 1 aromatic carbocycles. The van der Waals surface area contributed by atoms with Crippen LogP contribution in [0.5, 0.6) is 0 Å². The topological polar surface area (TPSA) is 88.6 Å². The molecule has 0 radical (unpaired) electrons. The molecule has 2 fully saturated rings. The molecule has 1 aromatic heterocycles. The molecule has 0 unspecified atom stereocenters. The van der Waals surface area contributed by atoms with Gasteiger partial charge >= 0.3 is 5.97 Å². The van der Waals surface area contributed by atoms with Crippen LogP contribution in [0, 0.1) is 5.82 Å². The summed E-state index contributed by atoms with van der Waals surface area (Å²) in [6.07, 6.45) is 2.19. The number of pyridine rings is 1. The Bertz CT molecular complexity index is 989. The van der Waals surface area contributed by atoms with E-state index in [-0.39, 0.29) is 24.0 Å². The van der Waals surface area contributed by atoms with Crippen molar-refractivity contribution in [3.63, 3.8) is 0 Å². The zero-order valence-electron chi connectivity index (χ0n) is 15.6. The first kappa shape index (κ1) is 20.6. The van der Waals surface area contributed by atoms with Crippen LogP contribution in [0.15, 0.2) is 42.6 Å². The maximum absolute atomic E-state index is 13.3. The van der Waals surface area contributed by atoms with E-state index in [2.05, 4.69) is 10.3 Å². The second kappa shape index (κ2) is 8.23. The van der Waals surface area contributed by atoms with E-state index in [1.807, 2.05) is 0 Å². The first-order valence-corrected chi connectivity index (χ1v) is 10.6. The summed E-state index contributed by atoms with van der Waals surface area (Å²) in [6, 6.07) is 8.23. The fourth-order valence-electron chi connectivity index (χ4n) is 3.69. The number of fused-ring (bicyclic) bond motifs is 1. The highest BCUT2D eigenvalue weighted by Gasteiger charge is 2.57. The fraction of sp³-hybridized carbons (Fsp3) is 0.300. The molecule has 4 rings (SSSR count). The van der Waals surface area contributed by atoms with Gasteiger partial charge in [0.1, 0.15) is 22.5 Å². The third-order valence-corrected chi connectivity index (χ3v) is 6.86. The van der Waals surface area contributed by atoms with E-state index in [1.165, 1.54) is 41.1 Å². The third kappa shape index (κ3) is 3.87. The standard InChI is InChI=1S/C20H17ClFN3O4S/c21-13-3-6-16(23-9-13)24-17(26)10-29-19(28)15-11-30-20(8-7-18(27)25(15)20)12-1-4-14(22)5-2-12/h1-6,9,15H,7-8,10-11H2,(H,23,24,26)/t15-,20+/m0/s1. The van der Waals surface area contributed by atoms with Crippen LogP contribution >= 0.6 is 23.4 Å². The Morgan fingerprint density at radius 3 is 2.77 bits per heavy atom. The van der Waals surface area contributed by atoms with Crippen molar-refractivity contribution in [2.75, 3.05) is 17.7 Å². The molecule has 2 amide bonds. The van der Waals surface area contributed by atoms with Gasteiger partial charge in [-0.15, -0.1) is 11.8 Å². The highest BCUT2D eigenvalue weighted by Crippen LogP contribution is 2.54. The number of rotatable bonds is 5. The Morgan fingerprint density at radius 1 is 1.30 bits per heavy atom. The number of aromatic nitrogens is 1. The second-order valence-corrected chi connectivity index (χ2v) is 8.63. The van der Waals surface area contributed by atoms with E-state index in [9.17, 15) is 18.8 Å². The van der Waals surface area contributed by atoms with Crippen molar-refractivity contribution in [1.82, 2.24) is 9.88 Å². The maximum atomic E-state index is 13.3. The lowest BCUT2D eigenvalue weighted by atomic mass is 10.0. The number of carbonyl (C=O) groups is 3. The summed E-state index contributed by atoms with van der Waals surface area (Å²) in [5.41, 5.74) is 0.765. The van der Waals surface area contributed by atoms with Gasteiger partial charge in [-0.25, -0.2) is 14.2 Å². The molecule has 0 spiro atoms. The number of ether oxygens (including phenoxy) is 1. The van der Waals surface area contributed by atoms with Crippen LogP contribution in [0.1, 0.15) is 18.4 Å². The zero-order valence-corrected chi connectivity index (χ0v) is 17.2. The van der Waals surface area contributed by atoms with Crippen molar-refractivity contribution in [1.29, 1.82) is 0 Å². The molecule has 10 heteroatoms. The van der Waals surface area contributed by atoms with Crippen LogP contribution in [-0.4, -0.2) is 46.1 Å². The molecule has 0 bridgehead atoms. The molecule has 3 heterocycles. The van der Waals surface area contributed by atoms with Crippen molar-refractivity contribution in [3.8, 4) is 0 Å².